The maximum atomic E-state index is 13.8. The molecule has 3 rings (SSSR count). The van der Waals surface area contributed by atoms with Crippen LogP contribution in [0.2, 0.25) is 0 Å². The topological polar surface area (TPSA) is 118 Å². The number of amides is 1. The summed E-state index contributed by atoms with van der Waals surface area (Å²) in [6, 6.07) is 11.8. The number of nitrogens with zero attached hydrogens (tertiary/aromatic N) is 1. The number of carbonyl (C=O) groups is 4. The predicted octanol–water partition coefficient (Wildman–Crippen LogP) is 6.03. The molecule has 0 aliphatic carbocycles. The van der Waals surface area contributed by atoms with Crippen LogP contribution >= 0.6 is 0 Å². The van der Waals surface area contributed by atoms with Crippen LogP contribution in [-0.4, -0.2) is 67.5 Å². The lowest BCUT2D eigenvalue weighted by Gasteiger charge is -2.36. The van der Waals surface area contributed by atoms with Crippen LogP contribution in [0.15, 0.2) is 42.5 Å². The number of hydrogen-bond donors (Lipinski definition) is 0. The number of hydrogen-bond acceptors (Lipinski definition) is 9. The van der Waals surface area contributed by atoms with Crippen LogP contribution in [0, 0.1) is 5.41 Å². The summed E-state index contributed by atoms with van der Waals surface area (Å²) < 4.78 is 28.1. The van der Waals surface area contributed by atoms with Gasteiger partial charge in [-0.05, 0) is 94.7 Å². The van der Waals surface area contributed by atoms with Crippen LogP contribution in [0.4, 0.5) is 0 Å². The van der Waals surface area contributed by atoms with Gasteiger partial charge < -0.3 is 28.6 Å². The van der Waals surface area contributed by atoms with Crippen molar-refractivity contribution in [3.8, 4) is 17.2 Å². The van der Waals surface area contributed by atoms with Crippen molar-refractivity contribution < 1.29 is 42.9 Å². The minimum Gasteiger partial charge on any atom is -0.493 e. The van der Waals surface area contributed by atoms with Crippen LogP contribution in [-0.2, 0) is 35.1 Å². The first-order valence-corrected chi connectivity index (χ1v) is 15.9. The largest absolute Gasteiger partial charge is 0.493 e. The van der Waals surface area contributed by atoms with Crippen molar-refractivity contribution in [3.63, 3.8) is 0 Å². The molecule has 10 nitrogen and oxygen atoms in total. The monoisotopic (exact) mass is 639 g/mol. The van der Waals surface area contributed by atoms with Gasteiger partial charge in [0.05, 0.1) is 14.2 Å². The van der Waals surface area contributed by atoms with E-state index >= 15 is 0 Å². The Balaban J connectivity index is 1.86. The van der Waals surface area contributed by atoms with Gasteiger partial charge in [0.1, 0.15) is 23.5 Å². The summed E-state index contributed by atoms with van der Waals surface area (Å²) in [4.78, 5) is 53.9. The van der Waals surface area contributed by atoms with Gasteiger partial charge in [0.2, 0.25) is 5.78 Å². The zero-order valence-corrected chi connectivity index (χ0v) is 28.5. The number of benzene rings is 2. The van der Waals surface area contributed by atoms with E-state index in [4.69, 9.17) is 23.7 Å². The molecule has 1 saturated heterocycles. The molecule has 1 heterocycles. The van der Waals surface area contributed by atoms with E-state index < -0.39 is 46.8 Å². The average molecular weight is 640 g/mol. The molecule has 2 aromatic carbocycles. The Morgan fingerprint density at radius 3 is 2.30 bits per heavy atom. The van der Waals surface area contributed by atoms with Crippen molar-refractivity contribution in [3.05, 3.63) is 53.6 Å². The number of ether oxygens (including phenoxy) is 5. The molecule has 1 fully saturated rings. The maximum Gasteiger partial charge on any atom is 0.344 e. The van der Waals surface area contributed by atoms with Gasteiger partial charge in [-0.2, -0.15) is 0 Å². The van der Waals surface area contributed by atoms with Crippen molar-refractivity contribution in [2.75, 3.05) is 27.4 Å². The Bertz CT molecular complexity index is 1380. The summed E-state index contributed by atoms with van der Waals surface area (Å²) >= 11 is 0. The summed E-state index contributed by atoms with van der Waals surface area (Å²) in [7, 11) is 3.14. The molecule has 1 aliphatic rings. The van der Waals surface area contributed by atoms with Crippen molar-refractivity contribution in [2.24, 2.45) is 5.41 Å². The second-order valence-corrected chi connectivity index (χ2v) is 13.2. The highest BCUT2D eigenvalue weighted by Crippen LogP contribution is 2.32. The van der Waals surface area contributed by atoms with Crippen molar-refractivity contribution >= 4 is 23.6 Å². The number of ketones is 1. The third-order valence-corrected chi connectivity index (χ3v) is 8.14. The second-order valence-electron chi connectivity index (χ2n) is 13.2. The Morgan fingerprint density at radius 2 is 1.65 bits per heavy atom. The molecule has 1 aliphatic heterocycles. The molecule has 0 aromatic heterocycles. The van der Waals surface area contributed by atoms with E-state index in [-0.39, 0.29) is 6.61 Å². The minimum atomic E-state index is -0.868. The third-order valence-electron chi connectivity index (χ3n) is 8.14. The lowest BCUT2D eigenvalue weighted by molar-refractivity contribution is -0.164. The molecule has 252 valence electrons. The second kappa shape index (κ2) is 16.0. The summed E-state index contributed by atoms with van der Waals surface area (Å²) in [6.07, 6.45) is 2.56. The molecule has 0 N–H and O–H groups in total. The fourth-order valence-electron chi connectivity index (χ4n) is 5.16. The van der Waals surface area contributed by atoms with Gasteiger partial charge in [0, 0.05) is 12.0 Å². The van der Waals surface area contributed by atoms with Crippen molar-refractivity contribution in [2.45, 2.75) is 97.8 Å². The zero-order chi connectivity index (χ0) is 34.1. The number of methoxy groups -OCH3 is 2. The molecular weight excluding hydrogens is 590 g/mol. The van der Waals surface area contributed by atoms with E-state index in [1.807, 2.05) is 31.2 Å². The molecule has 1 amide bonds. The van der Waals surface area contributed by atoms with Gasteiger partial charge >= 0.3 is 11.9 Å². The van der Waals surface area contributed by atoms with Crippen molar-refractivity contribution in [1.29, 1.82) is 0 Å². The highest BCUT2D eigenvalue weighted by Gasteiger charge is 2.41. The van der Waals surface area contributed by atoms with Crippen LogP contribution < -0.4 is 14.2 Å². The number of likely N-dealkylation sites (tertiary alicyclic amines) is 1. The molecule has 0 saturated carbocycles. The van der Waals surface area contributed by atoms with E-state index in [0.717, 1.165) is 12.0 Å². The number of carbonyl (C=O) groups excluding carboxylic acids is 4. The smallest absolute Gasteiger partial charge is 0.344 e. The molecule has 46 heavy (non-hydrogen) atoms. The number of esters is 2. The first-order valence-electron chi connectivity index (χ1n) is 15.9. The summed E-state index contributed by atoms with van der Waals surface area (Å²) in [5.74, 6) is -0.612. The van der Waals surface area contributed by atoms with Crippen LogP contribution in [0.25, 0.3) is 0 Å². The van der Waals surface area contributed by atoms with Gasteiger partial charge in [-0.1, -0.05) is 39.0 Å². The molecule has 0 radical (unpaired) electrons. The van der Waals surface area contributed by atoms with Crippen LogP contribution in [0.3, 0.4) is 0 Å². The third kappa shape index (κ3) is 9.96. The number of Topliss-reactive ketones (excluding diaryl/α,β-unsaturated/α-hetero) is 1. The normalized spacial score (nSPS) is 15.8. The Labute approximate surface area is 272 Å². The van der Waals surface area contributed by atoms with Gasteiger partial charge in [-0.3, -0.25) is 9.59 Å². The SMILES string of the molecule is CCC(C)(C)C(=O)C(=O)N1CCCCC1C(=O)O[C@H](CCc1ccc(OC)c(OC)c1)c1cccc(OCC(=O)OC(C)(C)C)c1. The molecular formula is C36H49NO9. The fourth-order valence-corrected chi connectivity index (χ4v) is 5.16. The predicted molar refractivity (Wildman–Crippen MR) is 173 cm³/mol. The highest BCUT2D eigenvalue weighted by atomic mass is 16.6. The quantitative estimate of drug-likeness (QED) is 0.180. The molecule has 0 spiro atoms. The first-order chi connectivity index (χ1) is 21.7. The fraction of sp³-hybridized carbons (Fsp3) is 0.556. The summed E-state index contributed by atoms with van der Waals surface area (Å²) in [6.45, 7) is 10.7. The number of piperidine rings is 1. The van der Waals surface area contributed by atoms with Crippen molar-refractivity contribution in [1.82, 2.24) is 4.90 Å². The molecule has 2 atom stereocenters. The maximum absolute atomic E-state index is 13.8. The lowest BCUT2D eigenvalue weighted by atomic mass is 9.84. The van der Waals surface area contributed by atoms with E-state index in [2.05, 4.69) is 0 Å². The van der Waals surface area contributed by atoms with E-state index in [1.165, 1.54) is 4.90 Å². The lowest BCUT2D eigenvalue weighted by Crippen LogP contribution is -2.53. The standard InChI is InChI=1S/C36H49NO9/c1-9-36(5,6)32(39)33(40)37-20-11-10-15-27(37)34(41)45-28(18-16-24-17-19-29(42-7)30(21-24)43-8)25-13-12-14-26(22-25)44-23-31(38)46-35(2,3)4/h12-14,17,19,21-22,27-28H,9-11,15-16,18,20,23H2,1-8H3/t27?,28-/m1/s1. The Morgan fingerprint density at radius 1 is 0.935 bits per heavy atom. The Hall–Kier alpha value is -4.08. The number of rotatable bonds is 14. The number of aryl methyl sites for hydroxylation is 1. The van der Waals surface area contributed by atoms with E-state index in [9.17, 15) is 19.2 Å². The van der Waals surface area contributed by atoms with Crippen LogP contribution in [0.1, 0.15) is 90.9 Å². The Kier molecular flexibility index (Phi) is 12.6. The van der Waals surface area contributed by atoms with Gasteiger partial charge in [0.25, 0.3) is 5.91 Å². The van der Waals surface area contributed by atoms with Crippen LogP contribution in [0.5, 0.6) is 17.2 Å². The highest BCUT2D eigenvalue weighted by molar-refractivity contribution is 6.38. The van der Waals surface area contributed by atoms with Gasteiger partial charge in [-0.15, -0.1) is 0 Å². The molecule has 10 heteroatoms. The summed E-state index contributed by atoms with van der Waals surface area (Å²) in [5, 5.41) is 0. The summed E-state index contributed by atoms with van der Waals surface area (Å²) in [5.41, 5.74) is 0.132. The molecule has 1 unspecified atom stereocenters. The average Bonchev–Trinajstić information content (AvgIpc) is 3.03. The van der Waals surface area contributed by atoms with Gasteiger partial charge in [-0.25, -0.2) is 9.59 Å². The van der Waals surface area contributed by atoms with Gasteiger partial charge in [0.15, 0.2) is 18.1 Å². The van der Waals surface area contributed by atoms with E-state index in [1.54, 1.807) is 67.0 Å². The van der Waals surface area contributed by atoms with E-state index in [0.29, 0.717) is 61.5 Å². The molecule has 2 aromatic rings. The molecule has 0 bridgehead atoms. The first kappa shape index (κ1) is 36.4. The zero-order valence-electron chi connectivity index (χ0n) is 28.5. The minimum absolute atomic E-state index is 0.280.